The molecule has 3 nitrogen and oxygen atoms in total. The first-order chi connectivity index (χ1) is 6.11. The summed E-state index contributed by atoms with van der Waals surface area (Å²) < 4.78 is 0. The molecule has 1 aromatic carbocycles. The molecular weight excluding hydrogens is 186 g/mol. The maximum absolute atomic E-state index is 10.7. The van der Waals surface area contributed by atoms with E-state index in [4.69, 9.17) is 5.73 Å². The van der Waals surface area contributed by atoms with Crippen LogP contribution in [0.2, 0.25) is 0 Å². The Hall–Kier alpha value is -1.16. The first kappa shape index (κ1) is 9.92. The van der Waals surface area contributed by atoms with Crippen LogP contribution in [0.3, 0.4) is 0 Å². The minimum Gasteiger partial charge on any atom is -0.507 e. The van der Waals surface area contributed by atoms with Gasteiger partial charge in [0, 0.05) is 4.90 Å². The smallest absolute Gasteiger partial charge is 0.230 e. The van der Waals surface area contributed by atoms with Crippen molar-refractivity contribution in [1.82, 2.24) is 0 Å². The lowest BCUT2D eigenvalue weighted by atomic mass is 10.3. The van der Waals surface area contributed by atoms with Crippen molar-refractivity contribution < 1.29 is 9.90 Å². The fourth-order valence-corrected chi connectivity index (χ4v) is 1.65. The minimum absolute atomic E-state index is 0.181. The molecule has 0 radical (unpaired) electrons. The van der Waals surface area contributed by atoms with Gasteiger partial charge in [-0.15, -0.1) is 11.8 Å². The molecule has 0 heterocycles. The zero-order chi connectivity index (χ0) is 9.84. The van der Waals surface area contributed by atoms with Crippen molar-refractivity contribution >= 4 is 17.7 Å². The van der Waals surface area contributed by atoms with E-state index in [2.05, 4.69) is 0 Å². The number of phenols is 1. The van der Waals surface area contributed by atoms with Crippen molar-refractivity contribution in [3.63, 3.8) is 0 Å². The molecule has 1 atom stereocenters. The van der Waals surface area contributed by atoms with E-state index in [9.17, 15) is 9.90 Å². The Morgan fingerprint density at radius 2 is 2.15 bits per heavy atom. The lowest BCUT2D eigenvalue weighted by Crippen LogP contribution is -2.22. The van der Waals surface area contributed by atoms with Crippen LogP contribution in [0.1, 0.15) is 6.92 Å². The fraction of sp³-hybridized carbons (Fsp3) is 0.222. The third kappa shape index (κ3) is 2.66. The number of thioether (sulfide) groups is 1. The third-order valence-corrected chi connectivity index (χ3v) is 2.75. The van der Waals surface area contributed by atoms with Crippen LogP contribution in [0.15, 0.2) is 29.2 Å². The standard InChI is InChI=1S/C9H11NO2S/c1-6(9(10)12)13-8-5-3-2-4-7(8)11/h2-6,11H,1H3,(H2,10,12). The summed E-state index contributed by atoms with van der Waals surface area (Å²) >= 11 is 1.25. The second-order valence-electron chi connectivity index (χ2n) is 2.63. The molecule has 4 heteroatoms. The van der Waals surface area contributed by atoms with Gasteiger partial charge in [0.25, 0.3) is 0 Å². The molecule has 0 aliphatic heterocycles. The van der Waals surface area contributed by atoms with Crippen LogP contribution in [0.5, 0.6) is 5.75 Å². The summed E-state index contributed by atoms with van der Waals surface area (Å²) in [7, 11) is 0. The van der Waals surface area contributed by atoms with Gasteiger partial charge in [-0.25, -0.2) is 0 Å². The highest BCUT2D eigenvalue weighted by atomic mass is 32.2. The van der Waals surface area contributed by atoms with Crippen molar-refractivity contribution in [2.75, 3.05) is 0 Å². The number of amides is 1. The Morgan fingerprint density at radius 1 is 1.54 bits per heavy atom. The molecule has 13 heavy (non-hydrogen) atoms. The summed E-state index contributed by atoms with van der Waals surface area (Å²) in [5.41, 5.74) is 5.09. The molecule has 0 fully saturated rings. The highest BCUT2D eigenvalue weighted by Gasteiger charge is 2.11. The predicted molar refractivity (Wildman–Crippen MR) is 52.6 cm³/mol. The van der Waals surface area contributed by atoms with E-state index in [0.717, 1.165) is 0 Å². The van der Waals surface area contributed by atoms with Crippen molar-refractivity contribution in [2.24, 2.45) is 5.73 Å². The second kappa shape index (κ2) is 4.18. The Balaban J connectivity index is 2.74. The minimum atomic E-state index is -0.381. The maximum Gasteiger partial charge on any atom is 0.230 e. The molecule has 1 unspecified atom stereocenters. The molecular formula is C9H11NO2S. The molecule has 0 aliphatic carbocycles. The number of benzene rings is 1. The number of para-hydroxylation sites is 1. The highest BCUT2D eigenvalue weighted by molar-refractivity contribution is 8.00. The topological polar surface area (TPSA) is 63.3 Å². The summed E-state index contributed by atoms with van der Waals surface area (Å²) in [6, 6.07) is 6.86. The van der Waals surface area contributed by atoms with Gasteiger partial charge >= 0.3 is 0 Å². The molecule has 1 aromatic rings. The Morgan fingerprint density at radius 3 is 2.69 bits per heavy atom. The zero-order valence-electron chi connectivity index (χ0n) is 7.23. The highest BCUT2D eigenvalue weighted by Crippen LogP contribution is 2.30. The number of carbonyl (C=O) groups excluding carboxylic acids is 1. The summed E-state index contributed by atoms with van der Waals surface area (Å²) in [4.78, 5) is 11.4. The van der Waals surface area contributed by atoms with E-state index in [1.807, 2.05) is 0 Å². The number of aromatic hydroxyl groups is 1. The summed E-state index contributed by atoms with van der Waals surface area (Å²) in [5.74, 6) is -0.200. The molecule has 0 spiro atoms. The van der Waals surface area contributed by atoms with Gasteiger partial charge in [-0.05, 0) is 19.1 Å². The van der Waals surface area contributed by atoms with E-state index < -0.39 is 0 Å². The summed E-state index contributed by atoms with van der Waals surface area (Å²) in [6.45, 7) is 1.71. The van der Waals surface area contributed by atoms with Crippen LogP contribution in [0, 0.1) is 0 Å². The molecule has 0 bridgehead atoms. The molecule has 0 saturated heterocycles. The Labute approximate surface area is 80.9 Å². The molecule has 0 saturated carbocycles. The van der Waals surface area contributed by atoms with Crippen LogP contribution in [0.25, 0.3) is 0 Å². The van der Waals surface area contributed by atoms with Crippen molar-refractivity contribution in [3.8, 4) is 5.75 Å². The van der Waals surface area contributed by atoms with Crippen LogP contribution < -0.4 is 5.73 Å². The number of hydrogen-bond donors (Lipinski definition) is 2. The monoisotopic (exact) mass is 197 g/mol. The Kier molecular flexibility index (Phi) is 3.19. The first-order valence-electron chi connectivity index (χ1n) is 3.85. The van der Waals surface area contributed by atoms with Gasteiger partial charge < -0.3 is 10.8 Å². The normalized spacial score (nSPS) is 12.4. The SMILES string of the molecule is CC(Sc1ccccc1O)C(N)=O. The fourth-order valence-electron chi connectivity index (χ4n) is 0.805. The van der Waals surface area contributed by atoms with E-state index in [1.165, 1.54) is 11.8 Å². The van der Waals surface area contributed by atoms with Crippen LogP contribution in [-0.4, -0.2) is 16.3 Å². The molecule has 0 aromatic heterocycles. The molecule has 70 valence electrons. The quantitative estimate of drug-likeness (QED) is 0.719. The van der Waals surface area contributed by atoms with Gasteiger partial charge in [-0.3, -0.25) is 4.79 Å². The average Bonchev–Trinajstić information content (AvgIpc) is 2.08. The lowest BCUT2D eigenvalue weighted by molar-refractivity contribution is -0.117. The predicted octanol–water partition coefficient (Wildman–Crippen LogP) is 1.36. The van der Waals surface area contributed by atoms with Crippen LogP contribution in [0.4, 0.5) is 0 Å². The van der Waals surface area contributed by atoms with Gasteiger partial charge in [0.1, 0.15) is 5.75 Å². The van der Waals surface area contributed by atoms with Gasteiger partial charge in [0.05, 0.1) is 5.25 Å². The van der Waals surface area contributed by atoms with Gasteiger partial charge in [-0.1, -0.05) is 12.1 Å². The van der Waals surface area contributed by atoms with Crippen molar-refractivity contribution in [3.05, 3.63) is 24.3 Å². The molecule has 1 rings (SSSR count). The van der Waals surface area contributed by atoms with Crippen molar-refractivity contribution in [2.45, 2.75) is 17.1 Å². The number of hydrogen-bond acceptors (Lipinski definition) is 3. The number of rotatable bonds is 3. The number of nitrogens with two attached hydrogens (primary N) is 1. The number of primary amides is 1. The Bertz CT molecular complexity index is 314. The molecule has 3 N–H and O–H groups in total. The first-order valence-corrected chi connectivity index (χ1v) is 4.73. The third-order valence-electron chi connectivity index (χ3n) is 1.57. The summed E-state index contributed by atoms with van der Waals surface area (Å²) in [6.07, 6.45) is 0. The van der Waals surface area contributed by atoms with E-state index in [-0.39, 0.29) is 16.9 Å². The van der Waals surface area contributed by atoms with Crippen LogP contribution >= 0.6 is 11.8 Å². The average molecular weight is 197 g/mol. The second-order valence-corrected chi connectivity index (χ2v) is 4.01. The van der Waals surface area contributed by atoms with E-state index in [1.54, 1.807) is 31.2 Å². The van der Waals surface area contributed by atoms with E-state index in [0.29, 0.717) is 4.90 Å². The van der Waals surface area contributed by atoms with Crippen LogP contribution in [-0.2, 0) is 4.79 Å². The maximum atomic E-state index is 10.7. The van der Waals surface area contributed by atoms with E-state index >= 15 is 0 Å². The molecule has 1 amide bonds. The van der Waals surface area contributed by atoms with Gasteiger partial charge in [-0.2, -0.15) is 0 Å². The number of phenolic OH excluding ortho intramolecular Hbond substituents is 1. The zero-order valence-corrected chi connectivity index (χ0v) is 8.04. The van der Waals surface area contributed by atoms with Gasteiger partial charge in [0.2, 0.25) is 5.91 Å². The summed E-state index contributed by atoms with van der Waals surface area (Å²) in [5, 5.41) is 9.04. The number of carbonyl (C=O) groups is 1. The molecule has 0 aliphatic rings. The lowest BCUT2D eigenvalue weighted by Gasteiger charge is -2.07. The van der Waals surface area contributed by atoms with Crippen molar-refractivity contribution in [1.29, 1.82) is 0 Å². The van der Waals surface area contributed by atoms with Gasteiger partial charge in [0.15, 0.2) is 0 Å². The largest absolute Gasteiger partial charge is 0.507 e.